The number of pyridine rings is 3. The molecule has 0 saturated carbocycles. The van der Waals surface area contributed by atoms with Crippen LogP contribution in [0.15, 0.2) is 60.9 Å². The molecule has 3 heterocycles. The molecule has 6 heteroatoms. The third-order valence-corrected chi connectivity index (χ3v) is 4.59. The van der Waals surface area contributed by atoms with Crippen molar-refractivity contribution in [2.24, 2.45) is 0 Å². The number of hydrogen-bond acceptors (Lipinski definition) is 6. The number of aliphatic hydroxyl groups excluding tert-OH is 1. The molecule has 0 saturated heterocycles. The van der Waals surface area contributed by atoms with E-state index in [1.807, 2.05) is 62.4 Å². The first kappa shape index (κ1) is 18.8. The largest absolute Gasteiger partial charge is 0.491 e. The van der Waals surface area contributed by atoms with E-state index in [0.717, 1.165) is 27.9 Å². The molecular formula is C23H21N3O3. The van der Waals surface area contributed by atoms with E-state index < -0.39 is 0 Å². The molecule has 1 aromatic carbocycles. The van der Waals surface area contributed by atoms with Gasteiger partial charge >= 0.3 is 0 Å². The van der Waals surface area contributed by atoms with Gasteiger partial charge in [0.15, 0.2) is 5.75 Å². The van der Waals surface area contributed by atoms with Gasteiger partial charge < -0.3 is 14.6 Å². The van der Waals surface area contributed by atoms with Crippen molar-refractivity contribution in [3.8, 4) is 28.6 Å². The second-order valence-corrected chi connectivity index (χ2v) is 6.61. The first-order valence-corrected chi connectivity index (χ1v) is 9.35. The fourth-order valence-electron chi connectivity index (χ4n) is 3.01. The molecule has 0 aliphatic carbocycles. The average molecular weight is 387 g/mol. The van der Waals surface area contributed by atoms with E-state index in [-0.39, 0.29) is 13.2 Å². The van der Waals surface area contributed by atoms with E-state index in [2.05, 4.69) is 9.97 Å². The summed E-state index contributed by atoms with van der Waals surface area (Å²) in [6.45, 7) is 4.16. The molecule has 0 amide bonds. The zero-order valence-corrected chi connectivity index (χ0v) is 16.3. The number of ether oxygens (including phenoxy) is 2. The van der Waals surface area contributed by atoms with Crippen molar-refractivity contribution < 1.29 is 14.6 Å². The third kappa shape index (κ3) is 4.02. The first-order valence-electron chi connectivity index (χ1n) is 9.35. The van der Waals surface area contributed by atoms with Crippen molar-refractivity contribution in [3.63, 3.8) is 0 Å². The van der Waals surface area contributed by atoms with Crippen molar-refractivity contribution in [2.75, 3.05) is 13.2 Å². The molecule has 0 aliphatic rings. The summed E-state index contributed by atoms with van der Waals surface area (Å²) >= 11 is 0. The summed E-state index contributed by atoms with van der Waals surface area (Å²) in [7, 11) is 0. The molecule has 29 heavy (non-hydrogen) atoms. The van der Waals surface area contributed by atoms with Crippen molar-refractivity contribution in [3.05, 3.63) is 72.2 Å². The van der Waals surface area contributed by atoms with Gasteiger partial charge in [0.1, 0.15) is 23.8 Å². The molecule has 6 nitrogen and oxygen atoms in total. The molecule has 4 aromatic rings. The summed E-state index contributed by atoms with van der Waals surface area (Å²) in [5, 5.41) is 9.82. The minimum atomic E-state index is -0.0455. The van der Waals surface area contributed by atoms with Gasteiger partial charge in [0.25, 0.3) is 0 Å². The molecule has 146 valence electrons. The van der Waals surface area contributed by atoms with Crippen LogP contribution in [0.4, 0.5) is 0 Å². The molecule has 0 radical (unpaired) electrons. The smallest absolute Gasteiger partial charge is 0.155 e. The summed E-state index contributed by atoms with van der Waals surface area (Å²) in [4.78, 5) is 13.6. The quantitative estimate of drug-likeness (QED) is 0.526. The predicted octanol–water partition coefficient (Wildman–Crippen LogP) is 4.47. The molecule has 0 fully saturated rings. The highest BCUT2D eigenvalue weighted by atomic mass is 16.5. The Hall–Kier alpha value is -3.51. The number of aliphatic hydroxyl groups is 1. The first-order chi connectivity index (χ1) is 14.2. The SMILES string of the molecule is Cc1cc(Oc2ccnc3ccc(OCCO)cc23)c(-c2ccccn2)nc1C. The second-order valence-electron chi connectivity index (χ2n) is 6.61. The molecule has 0 atom stereocenters. The predicted molar refractivity (Wildman–Crippen MR) is 111 cm³/mol. The van der Waals surface area contributed by atoms with Crippen LogP contribution in [-0.4, -0.2) is 33.3 Å². The van der Waals surface area contributed by atoms with E-state index in [9.17, 15) is 0 Å². The van der Waals surface area contributed by atoms with Gasteiger partial charge in [-0.2, -0.15) is 0 Å². The fourth-order valence-corrected chi connectivity index (χ4v) is 3.01. The lowest BCUT2D eigenvalue weighted by molar-refractivity contribution is 0.201. The highest BCUT2D eigenvalue weighted by molar-refractivity contribution is 5.86. The summed E-state index contributed by atoms with van der Waals surface area (Å²) in [5.41, 5.74) is 4.18. The Balaban J connectivity index is 1.80. The van der Waals surface area contributed by atoms with Gasteiger partial charge in [-0.1, -0.05) is 6.07 Å². The monoisotopic (exact) mass is 387 g/mol. The Labute approximate surface area is 168 Å². The molecule has 0 spiro atoms. The molecule has 4 rings (SSSR count). The van der Waals surface area contributed by atoms with Gasteiger partial charge in [0.05, 0.1) is 17.8 Å². The standard InChI is InChI=1S/C23H21N3O3/c1-15-13-22(23(26-16(15)2)20-5-3-4-9-24-20)29-21-8-10-25-19-7-6-17(14-18(19)21)28-12-11-27/h3-10,13-14,27H,11-12H2,1-2H3. The Morgan fingerprint density at radius 1 is 0.931 bits per heavy atom. The van der Waals surface area contributed by atoms with Crippen LogP contribution in [0, 0.1) is 13.8 Å². The number of benzene rings is 1. The topological polar surface area (TPSA) is 77.4 Å². The number of aromatic nitrogens is 3. The van der Waals surface area contributed by atoms with Crippen LogP contribution < -0.4 is 9.47 Å². The summed E-state index contributed by atoms with van der Waals surface area (Å²) < 4.78 is 11.9. The average Bonchev–Trinajstić information content (AvgIpc) is 2.75. The molecule has 0 bridgehead atoms. The van der Waals surface area contributed by atoms with Crippen molar-refractivity contribution >= 4 is 10.9 Å². The second kappa shape index (κ2) is 8.24. The zero-order valence-electron chi connectivity index (χ0n) is 16.3. The van der Waals surface area contributed by atoms with Crippen LogP contribution in [-0.2, 0) is 0 Å². The Morgan fingerprint density at radius 2 is 1.83 bits per heavy atom. The number of nitrogens with zero attached hydrogens (tertiary/aromatic N) is 3. The lowest BCUT2D eigenvalue weighted by Crippen LogP contribution is -2.01. The third-order valence-electron chi connectivity index (χ3n) is 4.59. The van der Waals surface area contributed by atoms with Gasteiger partial charge in [-0.15, -0.1) is 0 Å². The van der Waals surface area contributed by atoms with Gasteiger partial charge in [-0.25, -0.2) is 4.98 Å². The summed E-state index contributed by atoms with van der Waals surface area (Å²) in [6.07, 6.45) is 3.45. The molecule has 1 N–H and O–H groups in total. The lowest BCUT2D eigenvalue weighted by atomic mass is 10.1. The minimum absolute atomic E-state index is 0.0455. The molecule has 3 aromatic heterocycles. The van der Waals surface area contributed by atoms with Gasteiger partial charge in [0, 0.05) is 23.5 Å². The van der Waals surface area contributed by atoms with Crippen LogP contribution in [0.5, 0.6) is 17.2 Å². The van der Waals surface area contributed by atoms with Gasteiger partial charge in [-0.3, -0.25) is 9.97 Å². The molecular weight excluding hydrogens is 366 g/mol. The maximum absolute atomic E-state index is 9.00. The van der Waals surface area contributed by atoms with E-state index in [1.165, 1.54) is 0 Å². The van der Waals surface area contributed by atoms with E-state index in [0.29, 0.717) is 22.9 Å². The van der Waals surface area contributed by atoms with Crippen LogP contribution in [0.2, 0.25) is 0 Å². The number of aryl methyl sites for hydroxylation is 2. The van der Waals surface area contributed by atoms with E-state index >= 15 is 0 Å². The van der Waals surface area contributed by atoms with Crippen LogP contribution >= 0.6 is 0 Å². The highest BCUT2D eigenvalue weighted by Gasteiger charge is 2.15. The maximum atomic E-state index is 9.00. The van der Waals surface area contributed by atoms with Crippen molar-refractivity contribution in [1.82, 2.24) is 15.0 Å². The lowest BCUT2D eigenvalue weighted by Gasteiger charge is -2.14. The normalized spacial score (nSPS) is 10.9. The summed E-state index contributed by atoms with van der Waals surface area (Å²) in [6, 6.07) is 15.1. The number of hydrogen-bond donors (Lipinski definition) is 1. The minimum Gasteiger partial charge on any atom is -0.491 e. The van der Waals surface area contributed by atoms with Gasteiger partial charge in [-0.05, 0) is 61.9 Å². The Morgan fingerprint density at radius 3 is 2.62 bits per heavy atom. The van der Waals surface area contributed by atoms with Crippen LogP contribution in [0.25, 0.3) is 22.3 Å². The Bertz CT molecular complexity index is 1150. The van der Waals surface area contributed by atoms with E-state index in [1.54, 1.807) is 12.4 Å². The Kier molecular flexibility index (Phi) is 5.35. The van der Waals surface area contributed by atoms with E-state index in [4.69, 9.17) is 19.6 Å². The fraction of sp³-hybridized carbons (Fsp3) is 0.174. The number of fused-ring (bicyclic) bond motifs is 1. The number of rotatable bonds is 6. The highest BCUT2D eigenvalue weighted by Crippen LogP contribution is 2.36. The van der Waals surface area contributed by atoms with Gasteiger partial charge in [0.2, 0.25) is 0 Å². The summed E-state index contributed by atoms with van der Waals surface area (Å²) in [5.74, 6) is 1.92. The molecule has 0 unspecified atom stereocenters. The maximum Gasteiger partial charge on any atom is 0.155 e. The van der Waals surface area contributed by atoms with Crippen LogP contribution in [0.3, 0.4) is 0 Å². The van der Waals surface area contributed by atoms with Crippen molar-refractivity contribution in [2.45, 2.75) is 13.8 Å². The van der Waals surface area contributed by atoms with Crippen molar-refractivity contribution in [1.29, 1.82) is 0 Å². The molecule has 0 aliphatic heterocycles. The van der Waals surface area contributed by atoms with Crippen LogP contribution in [0.1, 0.15) is 11.3 Å². The zero-order chi connectivity index (χ0) is 20.2.